The molecule has 0 amide bonds. The fourth-order valence-electron chi connectivity index (χ4n) is 3.31. The fourth-order valence-corrected chi connectivity index (χ4v) is 3.60. The van der Waals surface area contributed by atoms with Crippen LogP contribution < -0.4 is 9.80 Å². The van der Waals surface area contributed by atoms with E-state index >= 15 is 0 Å². The number of ether oxygens (including phenoxy) is 3. The van der Waals surface area contributed by atoms with E-state index < -0.39 is 11.9 Å². The van der Waals surface area contributed by atoms with Crippen LogP contribution in [0.25, 0.3) is 0 Å². The number of hydrogen-bond donors (Lipinski definition) is 0. The molecule has 0 atom stereocenters. The van der Waals surface area contributed by atoms with Crippen molar-refractivity contribution in [1.29, 1.82) is 0 Å². The highest BCUT2D eigenvalue weighted by Crippen LogP contribution is 2.40. The van der Waals surface area contributed by atoms with Crippen molar-refractivity contribution in [3.63, 3.8) is 0 Å². The smallest absolute Gasteiger partial charge is 0.355 e. The first-order chi connectivity index (χ1) is 12.6. The Morgan fingerprint density at radius 3 is 2.46 bits per heavy atom. The quantitative estimate of drug-likeness (QED) is 0.742. The summed E-state index contributed by atoms with van der Waals surface area (Å²) in [5.41, 5.74) is 1.76. The minimum absolute atomic E-state index is 0.0206. The predicted molar refractivity (Wildman–Crippen MR) is 97.3 cm³/mol. The van der Waals surface area contributed by atoms with Gasteiger partial charge in [0.2, 0.25) is 0 Å². The number of rotatable bonds is 4. The average Bonchev–Trinajstić information content (AvgIpc) is 3.20. The maximum Gasteiger partial charge on any atom is 0.355 e. The third kappa shape index (κ3) is 3.37. The van der Waals surface area contributed by atoms with Gasteiger partial charge in [-0.1, -0.05) is 17.7 Å². The van der Waals surface area contributed by atoms with Crippen LogP contribution >= 0.6 is 11.6 Å². The minimum atomic E-state index is -0.625. The Hall–Kier alpha value is -2.25. The zero-order chi connectivity index (χ0) is 18.7. The summed E-state index contributed by atoms with van der Waals surface area (Å²) in [6.45, 7) is 1.85. The number of benzene rings is 1. The van der Waals surface area contributed by atoms with Crippen LogP contribution in [-0.2, 0) is 23.8 Å². The lowest BCUT2D eigenvalue weighted by Crippen LogP contribution is -2.39. The standard InChI is InChI=1S/C18H21ClN2O5/c1-24-17(22)12-10-26-11-21(15(12)18(23)25-2)14-7-5-6-13(19)16(14)20-8-3-4-9-20/h5-7H,3-4,8-11H2,1-2H3. The van der Waals surface area contributed by atoms with Gasteiger partial charge < -0.3 is 24.0 Å². The molecule has 0 radical (unpaired) electrons. The maximum absolute atomic E-state index is 12.5. The molecule has 1 aromatic carbocycles. The highest BCUT2D eigenvalue weighted by molar-refractivity contribution is 6.34. The topological polar surface area (TPSA) is 68.3 Å². The van der Waals surface area contributed by atoms with Crippen molar-refractivity contribution < 1.29 is 23.8 Å². The molecule has 0 N–H and O–H groups in total. The summed E-state index contributed by atoms with van der Waals surface area (Å²) in [5.74, 6) is -1.25. The summed E-state index contributed by atoms with van der Waals surface area (Å²) in [4.78, 5) is 28.4. The number of methoxy groups -OCH3 is 2. The number of carbonyl (C=O) groups is 2. The Balaban J connectivity index is 2.14. The van der Waals surface area contributed by atoms with Gasteiger partial charge in [0.1, 0.15) is 12.4 Å². The van der Waals surface area contributed by atoms with E-state index in [0.29, 0.717) is 10.7 Å². The second kappa shape index (κ2) is 7.97. The third-order valence-corrected chi connectivity index (χ3v) is 4.82. The van der Waals surface area contributed by atoms with Crippen LogP contribution in [0.3, 0.4) is 0 Å². The molecule has 2 aliphatic heterocycles. The molecule has 3 rings (SSSR count). The Kier molecular flexibility index (Phi) is 5.68. The van der Waals surface area contributed by atoms with Crippen molar-refractivity contribution in [1.82, 2.24) is 0 Å². The van der Waals surface area contributed by atoms with E-state index in [2.05, 4.69) is 4.90 Å². The summed E-state index contributed by atoms with van der Waals surface area (Å²) >= 11 is 6.48. The SMILES string of the molecule is COC(=O)C1=C(C(=O)OC)N(c2cccc(Cl)c2N2CCCC2)COC1. The Bertz CT molecular complexity index is 743. The third-order valence-electron chi connectivity index (χ3n) is 4.51. The number of carbonyl (C=O) groups excluding carboxylic acids is 2. The number of esters is 2. The zero-order valence-electron chi connectivity index (χ0n) is 14.8. The maximum atomic E-state index is 12.5. The number of para-hydroxylation sites is 1. The van der Waals surface area contributed by atoms with E-state index in [1.165, 1.54) is 14.2 Å². The largest absolute Gasteiger partial charge is 0.466 e. The second-order valence-electron chi connectivity index (χ2n) is 6.02. The lowest BCUT2D eigenvalue weighted by atomic mass is 10.1. The van der Waals surface area contributed by atoms with Crippen LogP contribution in [0, 0.1) is 0 Å². The van der Waals surface area contributed by atoms with Crippen molar-refractivity contribution in [3.05, 3.63) is 34.5 Å². The van der Waals surface area contributed by atoms with E-state index in [1.807, 2.05) is 12.1 Å². The van der Waals surface area contributed by atoms with Crippen molar-refractivity contribution in [2.75, 3.05) is 50.4 Å². The Labute approximate surface area is 157 Å². The molecule has 0 bridgehead atoms. The van der Waals surface area contributed by atoms with Crippen molar-refractivity contribution in [2.24, 2.45) is 0 Å². The van der Waals surface area contributed by atoms with Crippen LogP contribution in [0.2, 0.25) is 5.02 Å². The molecule has 0 spiro atoms. The van der Waals surface area contributed by atoms with Gasteiger partial charge >= 0.3 is 11.9 Å². The Morgan fingerprint density at radius 2 is 1.81 bits per heavy atom. The molecule has 0 aliphatic carbocycles. The highest BCUT2D eigenvalue weighted by atomic mass is 35.5. The van der Waals surface area contributed by atoms with Gasteiger partial charge in [-0.15, -0.1) is 0 Å². The number of nitrogens with zero attached hydrogens (tertiary/aromatic N) is 2. The molecule has 1 saturated heterocycles. The lowest BCUT2D eigenvalue weighted by molar-refractivity contribution is -0.140. The molecule has 26 heavy (non-hydrogen) atoms. The molecule has 0 unspecified atom stereocenters. The van der Waals surface area contributed by atoms with Gasteiger partial charge in [0.15, 0.2) is 0 Å². The first-order valence-electron chi connectivity index (χ1n) is 8.37. The number of anilines is 2. The summed E-state index contributed by atoms with van der Waals surface area (Å²) in [5, 5.41) is 0.582. The van der Waals surface area contributed by atoms with E-state index in [4.69, 9.17) is 25.8 Å². The van der Waals surface area contributed by atoms with Gasteiger partial charge in [0.25, 0.3) is 0 Å². The molecule has 1 fully saturated rings. The van der Waals surface area contributed by atoms with E-state index in [9.17, 15) is 9.59 Å². The van der Waals surface area contributed by atoms with Crippen LogP contribution in [0.4, 0.5) is 11.4 Å². The van der Waals surface area contributed by atoms with Crippen molar-refractivity contribution >= 4 is 34.9 Å². The first-order valence-corrected chi connectivity index (χ1v) is 8.74. The summed E-state index contributed by atoms with van der Waals surface area (Å²) in [6, 6.07) is 5.47. The van der Waals surface area contributed by atoms with Gasteiger partial charge in [0, 0.05) is 13.1 Å². The number of halogens is 1. The van der Waals surface area contributed by atoms with Crippen molar-refractivity contribution in [2.45, 2.75) is 12.8 Å². The van der Waals surface area contributed by atoms with E-state index in [1.54, 1.807) is 11.0 Å². The molecule has 1 aromatic rings. The van der Waals surface area contributed by atoms with Gasteiger partial charge in [0.05, 0.1) is 42.8 Å². The normalized spacial score (nSPS) is 17.5. The molecule has 0 aromatic heterocycles. The molecule has 140 valence electrons. The molecular formula is C18H21ClN2O5. The average molecular weight is 381 g/mol. The monoisotopic (exact) mass is 380 g/mol. The first kappa shape index (κ1) is 18.5. The van der Waals surface area contributed by atoms with Crippen LogP contribution in [0.5, 0.6) is 0 Å². The number of hydrogen-bond acceptors (Lipinski definition) is 7. The minimum Gasteiger partial charge on any atom is -0.466 e. The van der Waals surface area contributed by atoms with Gasteiger partial charge in [-0.3, -0.25) is 0 Å². The molecule has 0 saturated carbocycles. The van der Waals surface area contributed by atoms with Gasteiger partial charge in [-0.05, 0) is 25.0 Å². The lowest BCUT2D eigenvalue weighted by Gasteiger charge is -2.34. The summed E-state index contributed by atoms with van der Waals surface area (Å²) in [6.07, 6.45) is 2.16. The summed E-state index contributed by atoms with van der Waals surface area (Å²) < 4.78 is 15.3. The molecule has 7 nitrogen and oxygen atoms in total. The van der Waals surface area contributed by atoms with E-state index in [0.717, 1.165) is 31.6 Å². The summed E-state index contributed by atoms with van der Waals surface area (Å²) in [7, 11) is 2.54. The van der Waals surface area contributed by atoms with Crippen LogP contribution in [-0.4, -0.2) is 52.6 Å². The van der Waals surface area contributed by atoms with Gasteiger partial charge in [-0.25, -0.2) is 9.59 Å². The highest BCUT2D eigenvalue weighted by Gasteiger charge is 2.34. The molecule has 2 heterocycles. The second-order valence-corrected chi connectivity index (χ2v) is 6.42. The fraction of sp³-hybridized carbons (Fsp3) is 0.444. The van der Waals surface area contributed by atoms with Crippen LogP contribution in [0.15, 0.2) is 29.5 Å². The van der Waals surface area contributed by atoms with Crippen molar-refractivity contribution in [3.8, 4) is 0 Å². The Morgan fingerprint density at radius 1 is 1.12 bits per heavy atom. The van der Waals surface area contributed by atoms with E-state index in [-0.39, 0.29) is 24.6 Å². The molecular weight excluding hydrogens is 360 g/mol. The zero-order valence-corrected chi connectivity index (χ0v) is 15.5. The van der Waals surface area contributed by atoms with Gasteiger partial charge in [-0.2, -0.15) is 0 Å². The van der Waals surface area contributed by atoms with Crippen LogP contribution in [0.1, 0.15) is 12.8 Å². The molecule has 2 aliphatic rings. The molecule has 8 heteroatoms. The predicted octanol–water partition coefficient (Wildman–Crippen LogP) is 2.33.